The fourth-order valence-electron chi connectivity index (χ4n) is 3.43. The minimum absolute atomic E-state index is 0.296. The molecule has 10 nitrogen and oxygen atoms in total. The molecule has 0 radical (unpaired) electrons. The summed E-state index contributed by atoms with van der Waals surface area (Å²) in [7, 11) is 0. The van der Waals surface area contributed by atoms with Crippen LogP contribution in [0.4, 0.5) is 0 Å². The predicted molar refractivity (Wildman–Crippen MR) is 128 cm³/mol. The Hall–Kier alpha value is -2.61. The van der Waals surface area contributed by atoms with Crippen molar-refractivity contribution in [2.75, 3.05) is 6.61 Å². The summed E-state index contributed by atoms with van der Waals surface area (Å²) in [6, 6.07) is 7.37. The third-order valence-corrected chi connectivity index (χ3v) is 7.27. The van der Waals surface area contributed by atoms with Gasteiger partial charge in [0.25, 0.3) is 0 Å². The molecule has 1 aromatic carbocycles. The maximum absolute atomic E-state index is 12.0. The number of carbonyl (C=O) groups is 4. The van der Waals surface area contributed by atoms with Crippen molar-refractivity contribution >= 4 is 70.1 Å². The Balaban J connectivity index is 2.03. The molecule has 2 aromatic rings. The van der Waals surface area contributed by atoms with Crippen LogP contribution >= 0.6 is 35.3 Å². The summed E-state index contributed by atoms with van der Waals surface area (Å²) in [5, 5.41) is 0.818. The summed E-state index contributed by atoms with van der Waals surface area (Å²) in [6.45, 7) is 4.45. The lowest BCUT2D eigenvalue weighted by Gasteiger charge is -2.43. The summed E-state index contributed by atoms with van der Waals surface area (Å²) in [5.74, 6) is -2.63. The molecule has 0 bridgehead atoms. The molecule has 0 unspecified atom stereocenters. The van der Waals surface area contributed by atoms with Crippen LogP contribution in [0.3, 0.4) is 0 Å². The summed E-state index contributed by atoms with van der Waals surface area (Å²) in [4.78, 5) is 51.8. The number of benzene rings is 1. The highest BCUT2D eigenvalue weighted by molar-refractivity contribution is 8.01. The Morgan fingerprint density at radius 1 is 0.943 bits per heavy atom. The molecule has 0 amide bonds. The van der Waals surface area contributed by atoms with Gasteiger partial charge in [-0.2, -0.15) is 0 Å². The summed E-state index contributed by atoms with van der Waals surface area (Å²) in [6.07, 6.45) is -4.64. The lowest BCUT2D eigenvalue weighted by Crippen LogP contribution is -2.61. The number of para-hydroxylation sites is 1. The second-order valence-electron chi connectivity index (χ2n) is 7.47. The highest BCUT2D eigenvalue weighted by Gasteiger charge is 2.52. The standard InChI is InChI=1S/C22H23NO9S3/c1-10(24)28-9-16-17(29-11(2)25)18(30-12(3)26)19(31-13(4)27)20(32-16)34-22-23-15-8-6-5-7-14(15)21(33)35-22/h5-8,16-20H,9H2,1-4H3/t16-,17+,18+,19-,20+/m1/s1. The fourth-order valence-corrected chi connectivity index (χ4v) is 6.20. The number of hydrogen-bond donors (Lipinski definition) is 0. The van der Waals surface area contributed by atoms with E-state index in [1.807, 2.05) is 24.3 Å². The van der Waals surface area contributed by atoms with Gasteiger partial charge in [0, 0.05) is 33.1 Å². The third kappa shape index (κ3) is 7.19. The van der Waals surface area contributed by atoms with Gasteiger partial charge in [0.05, 0.1) is 5.52 Å². The smallest absolute Gasteiger partial charge is 0.303 e. The molecule has 0 spiro atoms. The molecule has 5 atom stereocenters. The number of fused-ring (bicyclic) bond motifs is 1. The average molecular weight is 542 g/mol. The van der Waals surface area contributed by atoms with Crippen LogP contribution in [0.2, 0.25) is 0 Å². The number of thioether (sulfide) groups is 1. The van der Waals surface area contributed by atoms with Gasteiger partial charge in [-0.3, -0.25) is 19.2 Å². The van der Waals surface area contributed by atoms with Crippen molar-refractivity contribution in [2.24, 2.45) is 0 Å². The van der Waals surface area contributed by atoms with Crippen molar-refractivity contribution in [3.63, 3.8) is 0 Å². The van der Waals surface area contributed by atoms with Gasteiger partial charge < -0.3 is 23.7 Å². The van der Waals surface area contributed by atoms with Gasteiger partial charge in [-0.1, -0.05) is 53.5 Å². The zero-order valence-electron chi connectivity index (χ0n) is 19.2. The number of aromatic nitrogens is 1. The van der Waals surface area contributed by atoms with Crippen molar-refractivity contribution < 1.29 is 42.9 Å². The van der Waals surface area contributed by atoms with Crippen LogP contribution in [0.5, 0.6) is 0 Å². The molecule has 13 heteroatoms. The Kier molecular flexibility index (Phi) is 9.16. The number of ether oxygens (including phenoxy) is 5. The predicted octanol–water partition coefficient (Wildman–Crippen LogP) is 3.20. The van der Waals surface area contributed by atoms with Crippen molar-refractivity contribution in [3.05, 3.63) is 28.1 Å². The second kappa shape index (κ2) is 11.9. The Morgan fingerprint density at radius 3 is 2.17 bits per heavy atom. The lowest BCUT2D eigenvalue weighted by molar-refractivity contribution is -0.237. The molecule has 2 heterocycles. The summed E-state index contributed by atoms with van der Waals surface area (Å²) in [5.41, 5.74) is -0.292. The summed E-state index contributed by atoms with van der Waals surface area (Å²) >= 11 is 7.84. The van der Waals surface area contributed by atoms with Gasteiger partial charge in [0.1, 0.15) is 16.5 Å². The third-order valence-electron chi connectivity index (χ3n) is 4.68. The van der Waals surface area contributed by atoms with E-state index in [0.29, 0.717) is 13.7 Å². The highest BCUT2D eigenvalue weighted by Crippen LogP contribution is 2.39. The minimum atomic E-state index is -1.24. The average Bonchev–Trinajstić information content (AvgIpc) is 2.75. The molecule has 3 rings (SSSR count). The molecule has 188 valence electrons. The molecule has 1 aromatic heterocycles. The van der Waals surface area contributed by atoms with Crippen LogP contribution in [0, 0.1) is 3.82 Å². The number of esters is 4. The molecule has 0 aliphatic carbocycles. The molecule has 1 aliphatic heterocycles. The van der Waals surface area contributed by atoms with E-state index in [9.17, 15) is 19.2 Å². The molecular formula is C22H23NO9S3. The maximum Gasteiger partial charge on any atom is 0.303 e. The largest absolute Gasteiger partial charge is 0.463 e. The first-order chi connectivity index (χ1) is 16.5. The van der Waals surface area contributed by atoms with Gasteiger partial charge in [-0.15, -0.1) is 0 Å². The zero-order valence-corrected chi connectivity index (χ0v) is 21.7. The number of nitrogens with zero attached hydrogens (tertiary/aromatic N) is 1. The van der Waals surface area contributed by atoms with Crippen molar-refractivity contribution in [3.8, 4) is 0 Å². The molecule has 0 saturated carbocycles. The summed E-state index contributed by atoms with van der Waals surface area (Å²) < 4.78 is 28.6. The normalized spacial score (nSPS) is 23.8. The lowest BCUT2D eigenvalue weighted by atomic mass is 9.99. The van der Waals surface area contributed by atoms with E-state index in [-0.39, 0.29) is 6.61 Å². The second-order valence-corrected chi connectivity index (χ2v) is 10.5. The monoisotopic (exact) mass is 541 g/mol. The van der Waals surface area contributed by atoms with Crippen LogP contribution < -0.4 is 0 Å². The van der Waals surface area contributed by atoms with E-state index in [4.69, 9.17) is 35.9 Å². The van der Waals surface area contributed by atoms with Crippen molar-refractivity contribution in [1.29, 1.82) is 0 Å². The van der Waals surface area contributed by atoms with Crippen LogP contribution in [-0.4, -0.2) is 65.3 Å². The molecule has 35 heavy (non-hydrogen) atoms. The van der Waals surface area contributed by atoms with Gasteiger partial charge in [0.15, 0.2) is 28.1 Å². The molecule has 1 fully saturated rings. The quantitative estimate of drug-likeness (QED) is 0.290. The molecule has 1 aliphatic rings. The molecular weight excluding hydrogens is 518 g/mol. The van der Waals surface area contributed by atoms with E-state index in [1.54, 1.807) is 0 Å². The fraction of sp³-hybridized carbons (Fsp3) is 0.455. The van der Waals surface area contributed by atoms with Gasteiger partial charge in [-0.25, -0.2) is 4.98 Å². The van der Waals surface area contributed by atoms with Crippen molar-refractivity contribution in [1.82, 2.24) is 4.98 Å². The van der Waals surface area contributed by atoms with Gasteiger partial charge in [-0.05, 0) is 6.07 Å². The Labute approximate surface area is 214 Å². The molecule has 1 saturated heterocycles. The highest BCUT2D eigenvalue weighted by atomic mass is 32.2. The maximum atomic E-state index is 12.0. The number of carbonyl (C=O) groups excluding carboxylic acids is 4. The van der Waals surface area contributed by atoms with Crippen LogP contribution in [-0.2, 0) is 42.9 Å². The van der Waals surface area contributed by atoms with Crippen LogP contribution in [0.15, 0.2) is 28.6 Å². The minimum Gasteiger partial charge on any atom is -0.463 e. The van der Waals surface area contributed by atoms with E-state index in [0.717, 1.165) is 17.1 Å². The van der Waals surface area contributed by atoms with E-state index < -0.39 is 53.7 Å². The Morgan fingerprint density at radius 2 is 1.54 bits per heavy atom. The Bertz CT molecular complexity index is 1180. The van der Waals surface area contributed by atoms with Crippen LogP contribution in [0.25, 0.3) is 10.9 Å². The van der Waals surface area contributed by atoms with E-state index >= 15 is 0 Å². The first-order valence-electron chi connectivity index (χ1n) is 10.4. The first kappa shape index (κ1) is 27.0. The zero-order chi connectivity index (χ0) is 25.7. The van der Waals surface area contributed by atoms with Gasteiger partial charge >= 0.3 is 23.9 Å². The van der Waals surface area contributed by atoms with Gasteiger partial charge in [0.2, 0.25) is 0 Å². The number of hydrogen-bond acceptors (Lipinski definition) is 13. The van der Waals surface area contributed by atoms with Crippen LogP contribution in [0.1, 0.15) is 27.7 Å². The van der Waals surface area contributed by atoms with E-state index in [1.165, 1.54) is 39.0 Å². The SMILES string of the molecule is CC(=O)OC[C@H]1O[C@@H](Sc2nc3ccccc3c(=S)s2)[C@H](OC(C)=O)[C@@H](OC(C)=O)[C@H]1OC(C)=O. The van der Waals surface area contributed by atoms with E-state index in [2.05, 4.69) is 4.98 Å². The first-order valence-corrected chi connectivity index (χ1v) is 12.5. The van der Waals surface area contributed by atoms with Crippen molar-refractivity contribution in [2.45, 2.75) is 61.9 Å². The molecule has 0 N–H and O–H groups in total. The topological polar surface area (TPSA) is 127 Å². The number of rotatable bonds is 7.